The predicted octanol–water partition coefficient (Wildman–Crippen LogP) is 7.79. The number of nitrogens with zero attached hydrogens (tertiary/aromatic N) is 2. The Labute approximate surface area is 250 Å². The van der Waals surface area contributed by atoms with Crippen LogP contribution in [0.3, 0.4) is 0 Å². The molecule has 0 spiro atoms. The maximum Gasteiger partial charge on any atom is 0.339 e. The highest BCUT2D eigenvalue weighted by Crippen LogP contribution is 2.35. The predicted molar refractivity (Wildman–Crippen MR) is 152 cm³/mol. The maximum atomic E-state index is 14.3. The molecular formula is C31H31F5N2O4S. The Morgan fingerprint density at radius 2 is 1.49 bits per heavy atom. The third kappa shape index (κ3) is 7.48. The lowest BCUT2D eigenvalue weighted by molar-refractivity contribution is -0.118. The quantitative estimate of drug-likeness (QED) is 0.0984. The SMILES string of the molecule is CCN(CCC(=O)N(Cc1ccc(C2CCCCC2)cc1)c1ccc(C(=O)O)c(O)c1)Sc1c(F)c(F)c(F)c(F)c1F. The van der Waals surface area contributed by atoms with Gasteiger partial charge in [-0.1, -0.05) is 50.5 Å². The molecule has 4 rings (SSSR count). The van der Waals surface area contributed by atoms with E-state index in [0.717, 1.165) is 18.4 Å². The Morgan fingerprint density at radius 3 is 2.05 bits per heavy atom. The lowest BCUT2D eigenvalue weighted by Gasteiger charge is -2.26. The number of phenols is 1. The van der Waals surface area contributed by atoms with E-state index in [1.165, 1.54) is 52.2 Å². The highest BCUT2D eigenvalue weighted by atomic mass is 32.2. The summed E-state index contributed by atoms with van der Waals surface area (Å²) in [5, 5.41) is 19.6. The third-order valence-corrected chi connectivity index (χ3v) is 8.78. The third-order valence-electron chi connectivity index (χ3n) is 7.54. The van der Waals surface area contributed by atoms with Crippen LogP contribution in [0.1, 0.15) is 72.9 Å². The summed E-state index contributed by atoms with van der Waals surface area (Å²) in [6.07, 6.45) is 5.61. The Morgan fingerprint density at radius 1 is 0.884 bits per heavy atom. The van der Waals surface area contributed by atoms with E-state index in [4.69, 9.17) is 0 Å². The molecule has 0 atom stereocenters. The van der Waals surface area contributed by atoms with Gasteiger partial charge >= 0.3 is 5.97 Å². The summed E-state index contributed by atoms with van der Waals surface area (Å²) >= 11 is 0.316. The lowest BCUT2D eigenvalue weighted by atomic mass is 9.84. The van der Waals surface area contributed by atoms with Crippen LogP contribution in [0.25, 0.3) is 0 Å². The molecule has 0 unspecified atom stereocenters. The van der Waals surface area contributed by atoms with Crippen molar-refractivity contribution in [1.82, 2.24) is 4.31 Å². The van der Waals surface area contributed by atoms with Crippen LogP contribution in [0.4, 0.5) is 27.6 Å². The molecule has 0 aromatic heterocycles. The minimum absolute atomic E-state index is 0.0759. The zero-order valence-electron chi connectivity index (χ0n) is 23.4. The van der Waals surface area contributed by atoms with E-state index in [-0.39, 0.29) is 37.3 Å². The van der Waals surface area contributed by atoms with Crippen LogP contribution in [-0.4, -0.2) is 39.5 Å². The van der Waals surface area contributed by atoms with Gasteiger partial charge in [0.25, 0.3) is 0 Å². The van der Waals surface area contributed by atoms with Crippen LogP contribution in [0.5, 0.6) is 5.75 Å². The maximum absolute atomic E-state index is 14.3. The van der Waals surface area contributed by atoms with Crippen LogP contribution in [0.15, 0.2) is 47.4 Å². The Hall–Kier alpha value is -3.64. The number of rotatable bonds is 11. The Balaban J connectivity index is 1.54. The molecule has 12 heteroatoms. The van der Waals surface area contributed by atoms with E-state index in [9.17, 15) is 41.8 Å². The van der Waals surface area contributed by atoms with Crippen molar-refractivity contribution in [2.24, 2.45) is 0 Å². The van der Waals surface area contributed by atoms with Gasteiger partial charge in [0.15, 0.2) is 23.3 Å². The molecule has 43 heavy (non-hydrogen) atoms. The molecule has 6 nitrogen and oxygen atoms in total. The summed E-state index contributed by atoms with van der Waals surface area (Å²) < 4.78 is 70.7. The molecular weight excluding hydrogens is 591 g/mol. The number of benzene rings is 3. The van der Waals surface area contributed by atoms with Gasteiger partial charge in [-0.25, -0.2) is 31.1 Å². The van der Waals surface area contributed by atoms with Crippen molar-refractivity contribution >= 4 is 29.5 Å². The molecule has 1 aliphatic carbocycles. The van der Waals surface area contributed by atoms with Crippen LogP contribution in [-0.2, 0) is 11.3 Å². The lowest BCUT2D eigenvalue weighted by Crippen LogP contribution is -2.33. The number of amides is 1. The fourth-order valence-electron chi connectivity index (χ4n) is 5.12. The molecule has 1 amide bonds. The summed E-state index contributed by atoms with van der Waals surface area (Å²) in [6, 6.07) is 11.6. The number of carbonyl (C=O) groups excluding carboxylic acids is 1. The average Bonchev–Trinajstić information content (AvgIpc) is 3.01. The van der Waals surface area contributed by atoms with Gasteiger partial charge in [0, 0.05) is 31.3 Å². The number of halogens is 5. The number of carboxylic acids is 1. The molecule has 3 aromatic carbocycles. The molecule has 0 saturated heterocycles. The highest BCUT2D eigenvalue weighted by Gasteiger charge is 2.28. The number of hydrogen-bond acceptors (Lipinski definition) is 5. The van der Waals surface area contributed by atoms with Crippen molar-refractivity contribution in [1.29, 1.82) is 0 Å². The average molecular weight is 623 g/mol. The second kappa shape index (κ2) is 14.2. The van der Waals surface area contributed by atoms with Crippen LogP contribution >= 0.6 is 11.9 Å². The molecule has 0 bridgehead atoms. The van der Waals surface area contributed by atoms with Gasteiger partial charge in [-0.2, -0.15) is 0 Å². The van der Waals surface area contributed by atoms with E-state index < -0.39 is 51.6 Å². The second-order valence-corrected chi connectivity index (χ2v) is 11.4. The Kier molecular flexibility index (Phi) is 10.7. The first-order valence-corrected chi connectivity index (χ1v) is 14.7. The van der Waals surface area contributed by atoms with Crippen molar-refractivity contribution in [2.75, 3.05) is 18.0 Å². The van der Waals surface area contributed by atoms with Crippen molar-refractivity contribution in [2.45, 2.75) is 62.8 Å². The van der Waals surface area contributed by atoms with E-state index >= 15 is 0 Å². The fourth-order valence-corrected chi connectivity index (χ4v) is 6.03. The normalized spacial score (nSPS) is 13.8. The van der Waals surface area contributed by atoms with E-state index in [1.807, 2.05) is 24.3 Å². The molecule has 3 aromatic rings. The van der Waals surface area contributed by atoms with Gasteiger partial charge in [-0.15, -0.1) is 0 Å². The molecule has 2 N–H and O–H groups in total. The van der Waals surface area contributed by atoms with Crippen LogP contribution in [0.2, 0.25) is 0 Å². The first-order chi connectivity index (χ1) is 20.5. The number of anilines is 1. The molecule has 0 radical (unpaired) electrons. The van der Waals surface area contributed by atoms with Gasteiger partial charge in [0.1, 0.15) is 16.2 Å². The molecule has 0 aliphatic heterocycles. The molecule has 1 fully saturated rings. The summed E-state index contributed by atoms with van der Waals surface area (Å²) in [5.74, 6) is -12.2. The standard InChI is InChI=1S/C31H31F5N2O4S/c1-2-37(43-30-28(35)26(33)25(32)27(34)29(30)36)15-14-24(40)38(21-12-13-22(31(41)42)23(39)16-21)17-18-8-10-20(11-9-18)19-6-4-3-5-7-19/h8-13,16,19,39H,2-7,14-15,17H2,1H3,(H,41,42). The van der Waals surface area contributed by atoms with E-state index in [0.29, 0.717) is 17.9 Å². The van der Waals surface area contributed by atoms with Gasteiger partial charge < -0.3 is 15.1 Å². The number of aromatic carboxylic acids is 1. The number of carboxylic acid groups (broad SMARTS) is 1. The van der Waals surface area contributed by atoms with Crippen LogP contribution < -0.4 is 4.90 Å². The van der Waals surface area contributed by atoms with Gasteiger partial charge in [0.05, 0.1) is 6.54 Å². The monoisotopic (exact) mass is 622 g/mol. The van der Waals surface area contributed by atoms with Crippen molar-refractivity contribution in [3.05, 3.63) is 88.2 Å². The van der Waals surface area contributed by atoms with E-state index in [2.05, 4.69) is 0 Å². The first kappa shape index (κ1) is 32.3. The highest BCUT2D eigenvalue weighted by molar-refractivity contribution is 7.97. The first-order valence-electron chi connectivity index (χ1n) is 13.9. The summed E-state index contributed by atoms with van der Waals surface area (Å²) in [7, 11) is 0. The van der Waals surface area contributed by atoms with Gasteiger partial charge in [-0.3, -0.25) is 4.79 Å². The van der Waals surface area contributed by atoms with Gasteiger partial charge in [0.2, 0.25) is 11.7 Å². The number of aromatic hydroxyl groups is 1. The largest absolute Gasteiger partial charge is 0.507 e. The summed E-state index contributed by atoms with van der Waals surface area (Å²) in [6.45, 7) is 1.66. The number of hydrogen-bond donors (Lipinski definition) is 2. The van der Waals surface area contributed by atoms with Crippen molar-refractivity contribution in [3.63, 3.8) is 0 Å². The zero-order valence-corrected chi connectivity index (χ0v) is 24.2. The number of carbonyl (C=O) groups is 2. The topological polar surface area (TPSA) is 81.1 Å². The fraction of sp³-hybridized carbons (Fsp3) is 0.355. The molecule has 1 saturated carbocycles. The van der Waals surface area contributed by atoms with Crippen molar-refractivity contribution in [3.8, 4) is 5.75 Å². The molecule has 1 aliphatic rings. The second-order valence-electron chi connectivity index (χ2n) is 10.3. The smallest absolute Gasteiger partial charge is 0.339 e. The van der Waals surface area contributed by atoms with Crippen molar-refractivity contribution < 1.29 is 41.8 Å². The Bertz CT molecular complexity index is 1450. The van der Waals surface area contributed by atoms with Gasteiger partial charge in [-0.05, 0) is 54.0 Å². The molecule has 230 valence electrons. The van der Waals surface area contributed by atoms with Crippen LogP contribution in [0, 0.1) is 29.1 Å². The minimum atomic E-state index is -2.25. The summed E-state index contributed by atoms with van der Waals surface area (Å²) in [4.78, 5) is 25.2. The minimum Gasteiger partial charge on any atom is -0.507 e. The summed E-state index contributed by atoms with van der Waals surface area (Å²) in [5.41, 5.74) is 1.87. The van der Waals surface area contributed by atoms with E-state index in [1.54, 1.807) is 6.92 Å². The zero-order chi connectivity index (χ0) is 31.3. The molecule has 0 heterocycles.